The number of hydrogen-bond acceptors (Lipinski definition) is 3. The number of nitrogens with two attached hydrogens (primary N) is 1. The lowest BCUT2D eigenvalue weighted by atomic mass is 10.1. The summed E-state index contributed by atoms with van der Waals surface area (Å²) < 4.78 is 4.80. The smallest absolute Gasteiger partial charge is 0.239 e. The lowest BCUT2D eigenvalue weighted by Gasteiger charge is -2.18. The molecule has 14 heavy (non-hydrogen) atoms. The second-order valence-electron chi connectivity index (χ2n) is 4.10. The van der Waals surface area contributed by atoms with Crippen LogP contribution in [0.1, 0.15) is 27.2 Å². The molecule has 3 N–H and O–H groups in total. The van der Waals surface area contributed by atoms with Gasteiger partial charge in [0.15, 0.2) is 0 Å². The van der Waals surface area contributed by atoms with Crippen LogP contribution in [-0.4, -0.2) is 31.7 Å². The minimum absolute atomic E-state index is 0.139. The third-order valence-electron chi connectivity index (χ3n) is 1.90. The Bertz CT molecular complexity index is 172. The van der Waals surface area contributed by atoms with E-state index in [1.807, 2.05) is 6.92 Å². The van der Waals surface area contributed by atoms with Gasteiger partial charge in [-0.1, -0.05) is 13.8 Å². The van der Waals surface area contributed by atoms with Gasteiger partial charge in [0.05, 0.1) is 6.61 Å². The first-order valence-electron chi connectivity index (χ1n) is 5.02. The van der Waals surface area contributed by atoms with E-state index in [1.54, 1.807) is 0 Å². The van der Waals surface area contributed by atoms with Crippen LogP contribution in [0.25, 0.3) is 0 Å². The van der Waals surface area contributed by atoms with Gasteiger partial charge in [-0.3, -0.25) is 4.79 Å². The molecule has 0 radical (unpaired) electrons. The maximum Gasteiger partial charge on any atom is 0.239 e. The van der Waals surface area contributed by atoms with Crippen LogP contribution in [0.2, 0.25) is 0 Å². The SMILES string of the molecule is COCC(N)C(=O)NC(C)CC(C)C. The molecule has 0 fully saturated rings. The van der Waals surface area contributed by atoms with Crippen LogP contribution >= 0.6 is 0 Å². The Hall–Kier alpha value is -0.610. The zero-order valence-electron chi connectivity index (χ0n) is 9.54. The van der Waals surface area contributed by atoms with Crippen LogP contribution in [0.15, 0.2) is 0 Å². The molecule has 0 spiro atoms. The van der Waals surface area contributed by atoms with Crippen LogP contribution < -0.4 is 11.1 Å². The van der Waals surface area contributed by atoms with E-state index < -0.39 is 6.04 Å². The monoisotopic (exact) mass is 202 g/mol. The highest BCUT2D eigenvalue weighted by Crippen LogP contribution is 2.03. The summed E-state index contributed by atoms with van der Waals surface area (Å²) >= 11 is 0. The Kier molecular flexibility index (Phi) is 6.49. The summed E-state index contributed by atoms with van der Waals surface area (Å²) in [7, 11) is 1.53. The van der Waals surface area contributed by atoms with Crippen molar-refractivity contribution < 1.29 is 9.53 Å². The van der Waals surface area contributed by atoms with Gasteiger partial charge in [-0.05, 0) is 19.3 Å². The van der Waals surface area contributed by atoms with Gasteiger partial charge in [0, 0.05) is 13.2 Å². The van der Waals surface area contributed by atoms with Crippen molar-refractivity contribution in [3.63, 3.8) is 0 Å². The molecule has 0 heterocycles. The van der Waals surface area contributed by atoms with E-state index in [2.05, 4.69) is 19.2 Å². The Morgan fingerprint density at radius 2 is 2.00 bits per heavy atom. The van der Waals surface area contributed by atoms with Crippen molar-refractivity contribution in [2.45, 2.75) is 39.3 Å². The van der Waals surface area contributed by atoms with Crippen LogP contribution in [0, 0.1) is 5.92 Å². The summed E-state index contributed by atoms with van der Waals surface area (Å²) in [4.78, 5) is 11.4. The molecule has 84 valence electrons. The molecule has 0 aliphatic rings. The van der Waals surface area contributed by atoms with Gasteiger partial charge in [0.1, 0.15) is 6.04 Å². The van der Waals surface area contributed by atoms with Crippen LogP contribution in [0.5, 0.6) is 0 Å². The van der Waals surface area contributed by atoms with Crippen molar-refractivity contribution in [2.75, 3.05) is 13.7 Å². The molecule has 0 aromatic rings. The van der Waals surface area contributed by atoms with E-state index in [0.29, 0.717) is 5.92 Å². The molecule has 4 heteroatoms. The zero-order valence-corrected chi connectivity index (χ0v) is 9.54. The van der Waals surface area contributed by atoms with Crippen LogP contribution in [0.4, 0.5) is 0 Å². The maximum atomic E-state index is 11.4. The topological polar surface area (TPSA) is 64.3 Å². The number of nitrogens with one attached hydrogen (secondary N) is 1. The highest BCUT2D eigenvalue weighted by molar-refractivity contribution is 5.81. The Morgan fingerprint density at radius 3 is 2.43 bits per heavy atom. The van der Waals surface area contributed by atoms with Gasteiger partial charge in [-0.15, -0.1) is 0 Å². The zero-order chi connectivity index (χ0) is 11.1. The molecule has 0 rings (SSSR count). The number of hydrogen-bond donors (Lipinski definition) is 2. The molecular formula is C10H22N2O2. The highest BCUT2D eigenvalue weighted by Gasteiger charge is 2.15. The molecule has 0 aromatic carbocycles. The Labute approximate surface area is 86.2 Å². The quantitative estimate of drug-likeness (QED) is 0.659. The molecular weight excluding hydrogens is 180 g/mol. The molecule has 2 atom stereocenters. The Balaban J connectivity index is 3.80. The van der Waals surface area contributed by atoms with Crippen LogP contribution in [0.3, 0.4) is 0 Å². The standard InChI is InChI=1S/C10H22N2O2/c1-7(2)5-8(3)12-10(13)9(11)6-14-4/h7-9H,5-6,11H2,1-4H3,(H,12,13). The lowest BCUT2D eigenvalue weighted by Crippen LogP contribution is -2.46. The number of amides is 1. The fourth-order valence-electron chi connectivity index (χ4n) is 1.37. The molecule has 0 aromatic heterocycles. The predicted molar refractivity (Wildman–Crippen MR) is 56.9 cm³/mol. The van der Waals surface area contributed by atoms with E-state index >= 15 is 0 Å². The molecule has 0 saturated carbocycles. The second kappa shape index (κ2) is 6.79. The molecule has 0 bridgehead atoms. The largest absolute Gasteiger partial charge is 0.383 e. The number of ether oxygens (including phenoxy) is 1. The van der Waals surface area contributed by atoms with E-state index in [4.69, 9.17) is 10.5 Å². The predicted octanol–water partition coefficient (Wildman–Crippen LogP) is 0.511. The molecule has 4 nitrogen and oxygen atoms in total. The minimum atomic E-state index is -0.561. The third kappa shape index (κ3) is 5.94. The van der Waals surface area contributed by atoms with Crippen molar-refractivity contribution in [2.24, 2.45) is 11.7 Å². The average Bonchev–Trinajstić information content (AvgIpc) is 2.02. The molecule has 0 saturated heterocycles. The summed E-state index contributed by atoms with van der Waals surface area (Å²) in [6.45, 7) is 6.49. The average molecular weight is 202 g/mol. The maximum absolute atomic E-state index is 11.4. The number of carbonyl (C=O) groups is 1. The van der Waals surface area contributed by atoms with Crippen molar-refractivity contribution in [3.05, 3.63) is 0 Å². The van der Waals surface area contributed by atoms with E-state index in [-0.39, 0.29) is 18.6 Å². The summed E-state index contributed by atoms with van der Waals surface area (Å²) in [5.41, 5.74) is 5.57. The van der Waals surface area contributed by atoms with Crippen molar-refractivity contribution >= 4 is 5.91 Å². The van der Waals surface area contributed by atoms with Crippen LogP contribution in [-0.2, 0) is 9.53 Å². The van der Waals surface area contributed by atoms with E-state index in [0.717, 1.165) is 6.42 Å². The molecule has 0 aliphatic carbocycles. The summed E-state index contributed by atoms with van der Waals surface area (Å²) in [6.07, 6.45) is 0.964. The number of rotatable bonds is 6. The first kappa shape index (κ1) is 13.4. The molecule has 1 amide bonds. The van der Waals surface area contributed by atoms with Gasteiger partial charge >= 0.3 is 0 Å². The van der Waals surface area contributed by atoms with Gasteiger partial charge < -0.3 is 15.8 Å². The van der Waals surface area contributed by atoms with E-state index in [1.165, 1.54) is 7.11 Å². The summed E-state index contributed by atoms with van der Waals surface area (Å²) in [6, 6.07) is -0.389. The van der Waals surface area contributed by atoms with Gasteiger partial charge in [0.2, 0.25) is 5.91 Å². The van der Waals surface area contributed by atoms with Crippen molar-refractivity contribution in [1.82, 2.24) is 5.32 Å². The van der Waals surface area contributed by atoms with Gasteiger partial charge in [-0.2, -0.15) is 0 Å². The summed E-state index contributed by atoms with van der Waals surface area (Å²) in [5, 5.41) is 2.85. The van der Waals surface area contributed by atoms with Crippen molar-refractivity contribution in [3.8, 4) is 0 Å². The second-order valence-corrected chi connectivity index (χ2v) is 4.10. The first-order valence-corrected chi connectivity index (χ1v) is 5.02. The van der Waals surface area contributed by atoms with Gasteiger partial charge in [0.25, 0.3) is 0 Å². The van der Waals surface area contributed by atoms with E-state index in [9.17, 15) is 4.79 Å². The highest BCUT2D eigenvalue weighted by atomic mass is 16.5. The normalized spacial score (nSPS) is 15.3. The molecule has 2 unspecified atom stereocenters. The minimum Gasteiger partial charge on any atom is -0.383 e. The van der Waals surface area contributed by atoms with Gasteiger partial charge in [-0.25, -0.2) is 0 Å². The fourth-order valence-corrected chi connectivity index (χ4v) is 1.37. The number of methoxy groups -OCH3 is 1. The first-order chi connectivity index (χ1) is 6.47. The lowest BCUT2D eigenvalue weighted by molar-refractivity contribution is -0.124. The summed E-state index contributed by atoms with van der Waals surface area (Å²) in [5.74, 6) is 0.434. The third-order valence-corrected chi connectivity index (χ3v) is 1.90. The van der Waals surface area contributed by atoms with Crippen molar-refractivity contribution in [1.29, 1.82) is 0 Å². The molecule has 0 aliphatic heterocycles. The Morgan fingerprint density at radius 1 is 1.43 bits per heavy atom. The number of carbonyl (C=O) groups excluding carboxylic acids is 1. The fraction of sp³-hybridized carbons (Fsp3) is 0.900.